The van der Waals surface area contributed by atoms with Gasteiger partial charge in [0.2, 0.25) is 0 Å². The number of benzene rings is 2. The van der Waals surface area contributed by atoms with E-state index in [-0.39, 0.29) is 0 Å². The minimum Gasteiger partial charge on any atom is -0.497 e. The number of piperazine rings is 1. The van der Waals surface area contributed by atoms with Gasteiger partial charge in [0, 0.05) is 44.6 Å². The molecule has 0 aliphatic carbocycles. The van der Waals surface area contributed by atoms with Gasteiger partial charge in [-0.2, -0.15) is 0 Å². The van der Waals surface area contributed by atoms with Crippen LogP contribution >= 0.6 is 0 Å². The van der Waals surface area contributed by atoms with Gasteiger partial charge in [-0.1, -0.05) is 18.2 Å². The second-order valence-electron chi connectivity index (χ2n) is 7.00. The lowest BCUT2D eigenvalue weighted by atomic mass is 10.2. The van der Waals surface area contributed by atoms with E-state index in [9.17, 15) is 0 Å². The molecule has 4 rings (SSSR count). The number of para-hydroxylation sites is 1. The summed E-state index contributed by atoms with van der Waals surface area (Å²) in [5.74, 6) is 2.39. The molecular formula is C22H26N6O. The zero-order chi connectivity index (χ0) is 20.2. The van der Waals surface area contributed by atoms with Crippen LogP contribution in [0.25, 0.3) is 0 Å². The topological polar surface area (TPSA) is 70.8 Å². The van der Waals surface area contributed by atoms with Gasteiger partial charge < -0.3 is 25.2 Å². The smallest absolute Gasteiger partial charge is 0.161 e. The van der Waals surface area contributed by atoms with Crippen molar-refractivity contribution in [3.8, 4) is 5.75 Å². The number of nitrogens with two attached hydrogens (primary N) is 1. The van der Waals surface area contributed by atoms with E-state index < -0.39 is 0 Å². The van der Waals surface area contributed by atoms with E-state index in [1.807, 2.05) is 54.4 Å². The molecule has 7 nitrogen and oxygen atoms in total. The van der Waals surface area contributed by atoms with Gasteiger partial charge in [-0.3, -0.25) is 0 Å². The average Bonchev–Trinajstić information content (AvgIpc) is 2.80. The van der Waals surface area contributed by atoms with E-state index in [1.165, 1.54) is 5.69 Å². The molecule has 0 atom stereocenters. The van der Waals surface area contributed by atoms with Crippen molar-refractivity contribution >= 4 is 28.7 Å². The Labute approximate surface area is 171 Å². The molecule has 0 saturated carbocycles. The summed E-state index contributed by atoms with van der Waals surface area (Å²) >= 11 is 0. The van der Waals surface area contributed by atoms with Crippen molar-refractivity contribution in [2.24, 2.45) is 0 Å². The second kappa shape index (κ2) is 8.26. The third-order valence-corrected chi connectivity index (χ3v) is 5.32. The van der Waals surface area contributed by atoms with Crippen molar-refractivity contribution in [3.05, 3.63) is 60.9 Å². The van der Waals surface area contributed by atoms with Crippen LogP contribution in [0.15, 0.2) is 60.9 Å². The van der Waals surface area contributed by atoms with Crippen LogP contribution in [0, 0.1) is 0 Å². The number of nitrogens with zero attached hydrogens (tertiary/aromatic N) is 5. The first-order chi connectivity index (χ1) is 14.2. The van der Waals surface area contributed by atoms with Crippen molar-refractivity contribution < 1.29 is 4.74 Å². The highest BCUT2D eigenvalue weighted by Crippen LogP contribution is 2.33. The normalized spacial score (nSPS) is 14.0. The molecule has 150 valence electrons. The van der Waals surface area contributed by atoms with Crippen LogP contribution in [0.1, 0.15) is 0 Å². The fourth-order valence-electron chi connectivity index (χ4n) is 3.64. The zero-order valence-corrected chi connectivity index (χ0v) is 16.8. The first-order valence-electron chi connectivity index (χ1n) is 9.70. The predicted octanol–water partition coefficient (Wildman–Crippen LogP) is 3.16. The molecule has 7 heteroatoms. The molecule has 0 amide bonds. The minimum atomic E-state index is 0.608. The number of hydrogen-bond donors (Lipinski definition) is 1. The summed E-state index contributed by atoms with van der Waals surface area (Å²) in [6.45, 7) is 3.50. The molecule has 2 heterocycles. The van der Waals surface area contributed by atoms with Crippen LogP contribution in [0.5, 0.6) is 5.75 Å². The van der Waals surface area contributed by atoms with Gasteiger partial charge in [0.1, 0.15) is 17.8 Å². The first kappa shape index (κ1) is 18.9. The van der Waals surface area contributed by atoms with E-state index in [1.54, 1.807) is 13.4 Å². The summed E-state index contributed by atoms with van der Waals surface area (Å²) in [5, 5.41) is 0. The van der Waals surface area contributed by atoms with E-state index in [4.69, 9.17) is 10.5 Å². The molecule has 0 unspecified atom stereocenters. The number of rotatable bonds is 5. The number of hydrogen-bond acceptors (Lipinski definition) is 7. The lowest BCUT2D eigenvalue weighted by Gasteiger charge is -2.37. The Morgan fingerprint density at radius 3 is 2.21 bits per heavy atom. The predicted molar refractivity (Wildman–Crippen MR) is 118 cm³/mol. The maximum absolute atomic E-state index is 6.49. The Hall–Kier alpha value is -3.48. The van der Waals surface area contributed by atoms with Crippen molar-refractivity contribution in [1.82, 2.24) is 9.97 Å². The van der Waals surface area contributed by atoms with Crippen molar-refractivity contribution in [1.29, 1.82) is 0 Å². The number of aromatic nitrogens is 2. The molecule has 0 spiro atoms. The van der Waals surface area contributed by atoms with Crippen LogP contribution in [-0.4, -0.2) is 50.3 Å². The Bertz CT molecular complexity index is 939. The Kier molecular flexibility index (Phi) is 5.37. The maximum atomic E-state index is 6.49. The summed E-state index contributed by atoms with van der Waals surface area (Å²) in [7, 11) is 3.66. The standard InChI is InChI=1S/C22H26N6O/c1-26(17-6-4-3-5-7-17)21-20(23)22(25-16-24-21)28-14-12-27(13-15-28)18-8-10-19(29-2)11-9-18/h3-11,16H,12-15,23H2,1-2H3. The van der Waals surface area contributed by atoms with E-state index in [0.29, 0.717) is 5.69 Å². The first-order valence-corrected chi connectivity index (χ1v) is 9.70. The van der Waals surface area contributed by atoms with Gasteiger partial charge in [0.25, 0.3) is 0 Å². The molecule has 3 aromatic rings. The average molecular weight is 390 g/mol. The summed E-state index contributed by atoms with van der Waals surface area (Å²) in [4.78, 5) is 15.5. The number of methoxy groups -OCH3 is 1. The summed E-state index contributed by atoms with van der Waals surface area (Å²) in [5.41, 5.74) is 9.34. The third kappa shape index (κ3) is 3.89. The lowest BCUT2D eigenvalue weighted by molar-refractivity contribution is 0.415. The molecule has 2 N–H and O–H groups in total. The summed E-state index contributed by atoms with van der Waals surface area (Å²) in [6, 6.07) is 18.3. The van der Waals surface area contributed by atoms with Crippen molar-refractivity contribution in [2.45, 2.75) is 0 Å². The second-order valence-corrected chi connectivity index (χ2v) is 7.00. The van der Waals surface area contributed by atoms with Crippen LogP contribution in [0.4, 0.5) is 28.7 Å². The minimum absolute atomic E-state index is 0.608. The summed E-state index contributed by atoms with van der Waals surface area (Å²) < 4.78 is 5.25. The fraction of sp³-hybridized carbons (Fsp3) is 0.273. The highest BCUT2D eigenvalue weighted by atomic mass is 16.5. The van der Waals surface area contributed by atoms with Crippen LogP contribution in [0.3, 0.4) is 0 Å². The highest BCUT2D eigenvalue weighted by Gasteiger charge is 2.22. The fourth-order valence-corrected chi connectivity index (χ4v) is 3.64. The van der Waals surface area contributed by atoms with Gasteiger partial charge in [0.15, 0.2) is 11.6 Å². The Morgan fingerprint density at radius 2 is 1.55 bits per heavy atom. The Balaban J connectivity index is 1.48. The van der Waals surface area contributed by atoms with Gasteiger partial charge in [-0.25, -0.2) is 9.97 Å². The van der Waals surface area contributed by atoms with Crippen molar-refractivity contribution in [3.63, 3.8) is 0 Å². The molecule has 0 bridgehead atoms. The monoisotopic (exact) mass is 390 g/mol. The Morgan fingerprint density at radius 1 is 0.897 bits per heavy atom. The van der Waals surface area contributed by atoms with E-state index in [0.717, 1.165) is 49.3 Å². The summed E-state index contributed by atoms with van der Waals surface area (Å²) in [6.07, 6.45) is 1.59. The van der Waals surface area contributed by atoms with E-state index in [2.05, 4.69) is 31.9 Å². The quantitative estimate of drug-likeness (QED) is 0.717. The van der Waals surface area contributed by atoms with Gasteiger partial charge in [-0.05, 0) is 36.4 Å². The molecule has 29 heavy (non-hydrogen) atoms. The number of anilines is 5. The van der Waals surface area contributed by atoms with E-state index >= 15 is 0 Å². The van der Waals surface area contributed by atoms with Crippen LogP contribution in [-0.2, 0) is 0 Å². The van der Waals surface area contributed by atoms with Crippen LogP contribution < -0.4 is 25.2 Å². The molecule has 2 aromatic carbocycles. The molecule has 1 aliphatic rings. The zero-order valence-electron chi connectivity index (χ0n) is 16.8. The van der Waals surface area contributed by atoms with Gasteiger partial charge in [0.05, 0.1) is 7.11 Å². The molecule has 0 radical (unpaired) electrons. The molecule has 1 fully saturated rings. The molecule has 1 saturated heterocycles. The molecular weight excluding hydrogens is 364 g/mol. The van der Waals surface area contributed by atoms with Crippen molar-refractivity contribution in [2.75, 3.05) is 60.8 Å². The number of ether oxygens (including phenoxy) is 1. The molecule has 1 aromatic heterocycles. The highest BCUT2D eigenvalue weighted by molar-refractivity contribution is 5.79. The number of nitrogen functional groups attached to an aromatic ring is 1. The SMILES string of the molecule is COc1ccc(N2CCN(c3ncnc(N(C)c4ccccc4)c3N)CC2)cc1. The largest absolute Gasteiger partial charge is 0.497 e. The van der Waals surface area contributed by atoms with Gasteiger partial charge >= 0.3 is 0 Å². The molecule has 1 aliphatic heterocycles. The van der Waals surface area contributed by atoms with Crippen LogP contribution in [0.2, 0.25) is 0 Å². The van der Waals surface area contributed by atoms with Gasteiger partial charge in [-0.15, -0.1) is 0 Å². The lowest BCUT2D eigenvalue weighted by Crippen LogP contribution is -2.47. The third-order valence-electron chi connectivity index (χ3n) is 5.32. The maximum Gasteiger partial charge on any atom is 0.161 e.